The molecular formula is C12H17NO4S. The molecule has 0 spiro atoms. The zero-order valence-corrected chi connectivity index (χ0v) is 11.1. The minimum absolute atomic E-state index is 0.138. The van der Waals surface area contributed by atoms with Crippen LogP contribution in [0.1, 0.15) is 12.0 Å². The maximum absolute atomic E-state index is 11.3. The number of benzene rings is 1. The summed E-state index contributed by atoms with van der Waals surface area (Å²) in [6.45, 7) is 3.81. The summed E-state index contributed by atoms with van der Waals surface area (Å²) in [6.07, 6.45) is 1.01. The van der Waals surface area contributed by atoms with E-state index in [1.807, 2.05) is 0 Å². The van der Waals surface area contributed by atoms with Crippen molar-refractivity contribution in [2.24, 2.45) is 11.1 Å². The third-order valence-electron chi connectivity index (χ3n) is 2.96. The van der Waals surface area contributed by atoms with Gasteiger partial charge in [-0.15, -0.1) is 0 Å². The van der Waals surface area contributed by atoms with E-state index in [1.165, 1.54) is 6.07 Å². The SMILES string of the molecule is Cc1cc(OCC2CCOC2)ccc1S(N)(=O)=O. The van der Waals surface area contributed by atoms with Crippen LogP contribution in [0, 0.1) is 12.8 Å². The van der Waals surface area contributed by atoms with Gasteiger partial charge in [0, 0.05) is 12.5 Å². The Morgan fingerprint density at radius 2 is 2.28 bits per heavy atom. The second-order valence-electron chi connectivity index (χ2n) is 4.51. The fraction of sp³-hybridized carbons (Fsp3) is 0.500. The maximum atomic E-state index is 11.3. The Hall–Kier alpha value is -1.11. The molecule has 100 valence electrons. The van der Waals surface area contributed by atoms with Gasteiger partial charge in [0.15, 0.2) is 0 Å². The van der Waals surface area contributed by atoms with Crippen LogP contribution >= 0.6 is 0 Å². The fourth-order valence-electron chi connectivity index (χ4n) is 1.96. The van der Waals surface area contributed by atoms with Crippen molar-refractivity contribution in [2.75, 3.05) is 19.8 Å². The number of rotatable bonds is 4. The molecular weight excluding hydrogens is 254 g/mol. The number of primary sulfonamides is 1. The Labute approximate surface area is 107 Å². The lowest BCUT2D eigenvalue weighted by Gasteiger charge is -2.12. The first-order valence-electron chi connectivity index (χ1n) is 5.81. The Kier molecular flexibility index (Phi) is 3.89. The molecule has 1 atom stereocenters. The lowest BCUT2D eigenvalue weighted by Crippen LogP contribution is -2.14. The van der Waals surface area contributed by atoms with E-state index in [0.29, 0.717) is 23.8 Å². The minimum Gasteiger partial charge on any atom is -0.493 e. The molecule has 0 saturated carbocycles. The molecule has 0 radical (unpaired) electrons. The first-order valence-corrected chi connectivity index (χ1v) is 7.35. The van der Waals surface area contributed by atoms with Crippen LogP contribution in [0.5, 0.6) is 5.75 Å². The average molecular weight is 271 g/mol. The van der Waals surface area contributed by atoms with Crippen LogP contribution in [-0.2, 0) is 14.8 Å². The Bertz CT molecular complexity index is 521. The van der Waals surface area contributed by atoms with E-state index in [0.717, 1.165) is 19.6 Å². The smallest absolute Gasteiger partial charge is 0.238 e. The van der Waals surface area contributed by atoms with Gasteiger partial charge < -0.3 is 9.47 Å². The minimum atomic E-state index is -3.66. The van der Waals surface area contributed by atoms with Gasteiger partial charge in [0.05, 0.1) is 18.1 Å². The zero-order valence-electron chi connectivity index (χ0n) is 10.3. The van der Waals surface area contributed by atoms with Gasteiger partial charge in [-0.1, -0.05) is 0 Å². The summed E-state index contributed by atoms with van der Waals surface area (Å²) in [4.78, 5) is 0.138. The highest BCUT2D eigenvalue weighted by Crippen LogP contribution is 2.21. The van der Waals surface area contributed by atoms with Crippen molar-refractivity contribution in [3.63, 3.8) is 0 Å². The highest BCUT2D eigenvalue weighted by Gasteiger charge is 2.17. The molecule has 5 nitrogen and oxygen atoms in total. The maximum Gasteiger partial charge on any atom is 0.238 e. The Morgan fingerprint density at radius 1 is 1.50 bits per heavy atom. The lowest BCUT2D eigenvalue weighted by atomic mass is 10.1. The number of ether oxygens (including phenoxy) is 2. The highest BCUT2D eigenvalue weighted by molar-refractivity contribution is 7.89. The standard InChI is InChI=1S/C12H17NO4S/c1-9-6-11(2-3-12(9)18(13,14)15)17-8-10-4-5-16-7-10/h2-3,6,10H,4-5,7-8H2,1H3,(H2,13,14,15). The van der Waals surface area contributed by atoms with E-state index in [2.05, 4.69) is 0 Å². The van der Waals surface area contributed by atoms with Gasteiger partial charge in [0.25, 0.3) is 0 Å². The van der Waals surface area contributed by atoms with E-state index in [4.69, 9.17) is 14.6 Å². The largest absolute Gasteiger partial charge is 0.493 e. The van der Waals surface area contributed by atoms with Crippen molar-refractivity contribution >= 4 is 10.0 Å². The molecule has 1 aromatic rings. The quantitative estimate of drug-likeness (QED) is 0.888. The van der Waals surface area contributed by atoms with Crippen LogP contribution in [0.15, 0.2) is 23.1 Å². The average Bonchev–Trinajstić information content (AvgIpc) is 2.77. The summed E-state index contributed by atoms with van der Waals surface area (Å²) >= 11 is 0. The van der Waals surface area contributed by atoms with Crippen molar-refractivity contribution in [3.05, 3.63) is 23.8 Å². The van der Waals surface area contributed by atoms with Gasteiger partial charge in [0.2, 0.25) is 10.0 Å². The molecule has 6 heteroatoms. The van der Waals surface area contributed by atoms with Crippen molar-refractivity contribution in [1.82, 2.24) is 0 Å². The molecule has 1 heterocycles. The molecule has 1 aliphatic heterocycles. The normalized spacial score (nSPS) is 20.0. The Morgan fingerprint density at radius 3 is 2.83 bits per heavy atom. The van der Waals surface area contributed by atoms with Crippen molar-refractivity contribution in [2.45, 2.75) is 18.2 Å². The van der Waals surface area contributed by atoms with E-state index in [1.54, 1.807) is 19.1 Å². The molecule has 1 unspecified atom stereocenters. The number of hydrogen-bond acceptors (Lipinski definition) is 4. The van der Waals surface area contributed by atoms with Crippen LogP contribution in [0.4, 0.5) is 0 Å². The fourth-order valence-corrected chi connectivity index (χ4v) is 2.73. The first kappa shape index (κ1) is 13.3. The summed E-state index contributed by atoms with van der Waals surface area (Å²) in [5.41, 5.74) is 0.595. The van der Waals surface area contributed by atoms with Crippen LogP contribution in [0.25, 0.3) is 0 Å². The first-order chi connectivity index (χ1) is 8.47. The van der Waals surface area contributed by atoms with Crippen molar-refractivity contribution in [3.8, 4) is 5.75 Å². The molecule has 1 fully saturated rings. The number of nitrogens with two attached hydrogens (primary N) is 1. The monoisotopic (exact) mass is 271 g/mol. The van der Waals surface area contributed by atoms with E-state index >= 15 is 0 Å². The zero-order chi connectivity index (χ0) is 13.2. The molecule has 0 aliphatic carbocycles. The molecule has 1 saturated heterocycles. The van der Waals surface area contributed by atoms with Crippen molar-refractivity contribution in [1.29, 1.82) is 0 Å². The highest BCUT2D eigenvalue weighted by atomic mass is 32.2. The summed E-state index contributed by atoms with van der Waals surface area (Å²) < 4.78 is 33.4. The van der Waals surface area contributed by atoms with Gasteiger partial charge in [0.1, 0.15) is 5.75 Å². The summed E-state index contributed by atoms with van der Waals surface area (Å²) in [5.74, 6) is 1.08. The van der Waals surface area contributed by atoms with Gasteiger partial charge in [-0.25, -0.2) is 13.6 Å². The molecule has 18 heavy (non-hydrogen) atoms. The van der Waals surface area contributed by atoms with E-state index in [9.17, 15) is 8.42 Å². The van der Waals surface area contributed by atoms with Crippen LogP contribution in [-0.4, -0.2) is 28.2 Å². The molecule has 2 rings (SSSR count). The van der Waals surface area contributed by atoms with Crippen LogP contribution in [0.3, 0.4) is 0 Å². The van der Waals surface area contributed by atoms with Gasteiger partial charge in [-0.3, -0.25) is 0 Å². The number of hydrogen-bond donors (Lipinski definition) is 1. The molecule has 0 bridgehead atoms. The van der Waals surface area contributed by atoms with E-state index < -0.39 is 10.0 Å². The topological polar surface area (TPSA) is 78.6 Å². The third kappa shape index (κ3) is 3.22. The molecule has 0 amide bonds. The third-order valence-corrected chi connectivity index (χ3v) is 4.03. The van der Waals surface area contributed by atoms with Crippen LogP contribution in [0.2, 0.25) is 0 Å². The molecule has 1 aromatic carbocycles. The number of aryl methyl sites for hydroxylation is 1. The van der Waals surface area contributed by atoms with Crippen molar-refractivity contribution < 1.29 is 17.9 Å². The Balaban J connectivity index is 2.04. The second-order valence-corrected chi connectivity index (χ2v) is 6.04. The second kappa shape index (κ2) is 5.26. The lowest BCUT2D eigenvalue weighted by molar-refractivity contribution is 0.167. The summed E-state index contributed by atoms with van der Waals surface area (Å²) in [7, 11) is -3.66. The molecule has 1 aliphatic rings. The van der Waals surface area contributed by atoms with Gasteiger partial charge in [-0.2, -0.15) is 0 Å². The van der Waals surface area contributed by atoms with E-state index in [-0.39, 0.29) is 4.90 Å². The summed E-state index contributed by atoms with van der Waals surface area (Å²) in [6, 6.07) is 4.79. The predicted octanol–water partition coefficient (Wildman–Crippen LogP) is 1.06. The number of sulfonamides is 1. The summed E-state index contributed by atoms with van der Waals surface area (Å²) in [5, 5.41) is 5.10. The van der Waals surface area contributed by atoms with Gasteiger partial charge >= 0.3 is 0 Å². The van der Waals surface area contributed by atoms with Gasteiger partial charge in [-0.05, 0) is 37.1 Å². The van der Waals surface area contributed by atoms with Crippen LogP contribution < -0.4 is 9.88 Å². The predicted molar refractivity (Wildman–Crippen MR) is 67.0 cm³/mol. The molecule has 0 aromatic heterocycles. The molecule has 2 N–H and O–H groups in total.